The van der Waals surface area contributed by atoms with Crippen LogP contribution in [0.4, 0.5) is 5.69 Å². The Bertz CT molecular complexity index is 1590. The predicted molar refractivity (Wildman–Crippen MR) is 184 cm³/mol. The Labute approximate surface area is 274 Å². The van der Waals surface area contributed by atoms with E-state index < -0.39 is 5.60 Å². The highest BCUT2D eigenvalue weighted by Crippen LogP contribution is 2.41. The molecule has 6 heteroatoms. The maximum atomic E-state index is 9.85. The number of nitriles is 3. The van der Waals surface area contributed by atoms with E-state index in [0.29, 0.717) is 5.57 Å². The molecule has 0 spiro atoms. The number of ether oxygens (including phenoxy) is 1. The Morgan fingerprint density at radius 1 is 0.956 bits per heavy atom. The second kappa shape index (κ2) is 16.2. The summed E-state index contributed by atoms with van der Waals surface area (Å²) in [6.45, 7) is 6.94. The molecule has 0 amide bonds. The summed E-state index contributed by atoms with van der Waals surface area (Å²) in [4.78, 5) is 2.38. The summed E-state index contributed by atoms with van der Waals surface area (Å²) in [5.74, 6) is 0.0419. The van der Waals surface area contributed by atoms with E-state index >= 15 is 0 Å². The average Bonchev–Trinajstić information content (AvgIpc) is 3.30. The first-order valence-electron chi connectivity index (χ1n) is 16.3. The predicted octanol–water partition coefficient (Wildman–Crippen LogP) is 10.6. The molecule has 0 saturated heterocycles. The third kappa shape index (κ3) is 8.28. The van der Waals surface area contributed by atoms with Crippen molar-refractivity contribution in [1.29, 1.82) is 15.8 Å². The van der Waals surface area contributed by atoms with Crippen LogP contribution >= 0.6 is 11.6 Å². The molecule has 45 heavy (non-hydrogen) atoms. The van der Waals surface area contributed by atoms with Crippen molar-refractivity contribution in [2.24, 2.45) is 0 Å². The molecule has 1 aliphatic carbocycles. The average molecular weight is 619 g/mol. The number of rotatable bonds is 12. The van der Waals surface area contributed by atoms with Crippen LogP contribution in [0.25, 0.3) is 5.57 Å². The molecule has 1 aromatic carbocycles. The fourth-order valence-corrected chi connectivity index (χ4v) is 6.44. The summed E-state index contributed by atoms with van der Waals surface area (Å²) in [6.07, 6.45) is 25.7. The first-order valence-corrected chi connectivity index (χ1v) is 16.6. The van der Waals surface area contributed by atoms with Gasteiger partial charge in [-0.1, -0.05) is 106 Å². The lowest BCUT2D eigenvalue weighted by Crippen LogP contribution is -2.21. The van der Waals surface area contributed by atoms with Crippen LogP contribution in [-0.4, -0.2) is 12.1 Å². The largest absolute Gasteiger partial charge is 0.480 e. The minimum Gasteiger partial charge on any atom is -0.480 e. The molecule has 0 aromatic heterocycles. The van der Waals surface area contributed by atoms with Crippen molar-refractivity contribution in [2.75, 3.05) is 11.4 Å². The summed E-state index contributed by atoms with van der Waals surface area (Å²) in [6, 6.07) is 14.4. The van der Waals surface area contributed by atoms with E-state index in [2.05, 4.69) is 66.6 Å². The normalized spacial score (nSPS) is 19.1. The lowest BCUT2D eigenvalue weighted by molar-refractivity contribution is 0.0954. The monoisotopic (exact) mass is 618 g/mol. The summed E-state index contributed by atoms with van der Waals surface area (Å²) < 4.78 is 5.90. The van der Waals surface area contributed by atoms with E-state index in [1.807, 2.05) is 38.1 Å². The van der Waals surface area contributed by atoms with Crippen LogP contribution in [0.5, 0.6) is 0 Å². The maximum Gasteiger partial charge on any atom is 0.172 e. The van der Waals surface area contributed by atoms with Crippen LogP contribution in [-0.2, 0) is 4.74 Å². The van der Waals surface area contributed by atoms with Crippen LogP contribution in [0.2, 0.25) is 0 Å². The van der Waals surface area contributed by atoms with Gasteiger partial charge in [0, 0.05) is 34.6 Å². The zero-order chi connectivity index (χ0) is 32.2. The summed E-state index contributed by atoms with van der Waals surface area (Å²) in [5.41, 5.74) is 5.47. The number of para-hydroxylation sites is 1. The second-order valence-corrected chi connectivity index (χ2v) is 12.7. The van der Waals surface area contributed by atoms with Gasteiger partial charge in [-0.15, -0.1) is 0 Å². The zero-order valence-corrected chi connectivity index (χ0v) is 27.6. The van der Waals surface area contributed by atoms with E-state index in [0.717, 1.165) is 47.6 Å². The van der Waals surface area contributed by atoms with Crippen molar-refractivity contribution in [2.45, 2.75) is 97.0 Å². The van der Waals surface area contributed by atoms with Gasteiger partial charge in [-0.2, -0.15) is 15.8 Å². The number of nitrogens with zero attached hydrogens (tertiary/aromatic N) is 4. The number of anilines is 1. The Balaban J connectivity index is 1.50. The number of fused-ring (bicyclic) bond motifs is 1. The number of allylic oxidation sites excluding steroid dienone is 10. The molecule has 1 aromatic rings. The molecular weight excluding hydrogens is 576 g/mol. The Morgan fingerprint density at radius 3 is 2.38 bits per heavy atom. The lowest BCUT2D eigenvalue weighted by Gasteiger charge is -2.27. The van der Waals surface area contributed by atoms with E-state index in [1.54, 1.807) is 0 Å². The molecule has 2 aliphatic heterocycles. The quantitative estimate of drug-likeness (QED) is 0.172. The molecule has 0 unspecified atom stereocenters. The molecule has 232 valence electrons. The van der Waals surface area contributed by atoms with Crippen LogP contribution in [0.15, 0.2) is 99.5 Å². The van der Waals surface area contributed by atoms with E-state index in [-0.39, 0.29) is 16.9 Å². The molecule has 0 saturated carbocycles. The van der Waals surface area contributed by atoms with Gasteiger partial charge in [-0.25, -0.2) is 0 Å². The standard InChI is InChI=1S/C39H43ClN4O/c1-4-5-6-7-8-9-10-13-24-44-25-23-29(33-17-11-12-18-36(33)44)19-20-30-15-14-16-31(37(30)40)21-22-35-34(28-43)38(32(26-41)27-42)45-39(35,2)3/h11-12,17-23,25H,4-10,13-16,24H2,1-3H3/b22-21+,29-19+,30-20-. The van der Waals surface area contributed by atoms with Gasteiger partial charge in [0.1, 0.15) is 29.4 Å². The number of halogens is 1. The van der Waals surface area contributed by atoms with Gasteiger partial charge in [0.05, 0.1) is 0 Å². The topological polar surface area (TPSA) is 83.8 Å². The third-order valence-electron chi connectivity index (χ3n) is 8.65. The third-order valence-corrected chi connectivity index (χ3v) is 9.13. The van der Waals surface area contributed by atoms with Crippen molar-refractivity contribution < 1.29 is 4.74 Å². The van der Waals surface area contributed by atoms with Crippen LogP contribution < -0.4 is 4.90 Å². The second-order valence-electron chi connectivity index (χ2n) is 12.3. The minimum absolute atomic E-state index is 0.0419. The minimum atomic E-state index is -0.858. The summed E-state index contributed by atoms with van der Waals surface area (Å²) >= 11 is 6.96. The van der Waals surface area contributed by atoms with Crippen LogP contribution in [0.1, 0.15) is 97.0 Å². The van der Waals surface area contributed by atoms with Gasteiger partial charge in [-0.05, 0) is 68.4 Å². The fraction of sp³-hybridized carbons (Fsp3) is 0.410. The summed E-state index contributed by atoms with van der Waals surface area (Å²) in [5, 5.41) is 29.3. The highest BCUT2D eigenvalue weighted by atomic mass is 35.5. The fourth-order valence-electron chi connectivity index (χ4n) is 6.13. The van der Waals surface area contributed by atoms with Crippen molar-refractivity contribution in [3.8, 4) is 18.2 Å². The van der Waals surface area contributed by atoms with Gasteiger partial charge in [0.15, 0.2) is 11.3 Å². The Morgan fingerprint density at radius 2 is 1.67 bits per heavy atom. The number of benzene rings is 1. The molecule has 0 N–H and O–H groups in total. The first kappa shape index (κ1) is 33.6. The number of hydrogen-bond acceptors (Lipinski definition) is 5. The van der Waals surface area contributed by atoms with E-state index in [1.165, 1.54) is 62.6 Å². The Hall–Kier alpha value is -4.24. The van der Waals surface area contributed by atoms with E-state index in [4.69, 9.17) is 16.3 Å². The number of unbranched alkanes of at least 4 members (excludes halogenated alkanes) is 7. The van der Waals surface area contributed by atoms with Gasteiger partial charge in [0.25, 0.3) is 0 Å². The molecule has 4 rings (SSSR count). The molecule has 5 nitrogen and oxygen atoms in total. The van der Waals surface area contributed by atoms with Crippen LogP contribution in [0.3, 0.4) is 0 Å². The zero-order valence-electron chi connectivity index (χ0n) is 26.8. The molecule has 3 aliphatic rings. The van der Waals surface area contributed by atoms with Crippen LogP contribution in [0, 0.1) is 34.0 Å². The molecule has 0 atom stereocenters. The summed E-state index contributed by atoms with van der Waals surface area (Å²) in [7, 11) is 0. The Kier molecular flexibility index (Phi) is 12.1. The molecule has 0 radical (unpaired) electrons. The van der Waals surface area contributed by atoms with Gasteiger partial charge in [0.2, 0.25) is 0 Å². The van der Waals surface area contributed by atoms with Gasteiger partial charge >= 0.3 is 0 Å². The van der Waals surface area contributed by atoms with Crippen molar-refractivity contribution >= 4 is 22.9 Å². The van der Waals surface area contributed by atoms with E-state index in [9.17, 15) is 15.8 Å². The van der Waals surface area contributed by atoms with Gasteiger partial charge < -0.3 is 9.64 Å². The first-order chi connectivity index (χ1) is 21.8. The SMILES string of the molecule is CCCCCCCCCCN1C=C/C(=C\C=C2\CCCC(/C=C/C3=C(C#N)C(=C(C#N)C#N)OC3(C)C)=C2Cl)c2ccccc21. The molecule has 2 heterocycles. The smallest absolute Gasteiger partial charge is 0.172 e. The van der Waals surface area contributed by atoms with Crippen molar-refractivity contribution in [1.82, 2.24) is 0 Å². The highest BCUT2D eigenvalue weighted by molar-refractivity contribution is 6.32. The highest BCUT2D eigenvalue weighted by Gasteiger charge is 2.38. The lowest BCUT2D eigenvalue weighted by atomic mass is 9.90. The van der Waals surface area contributed by atoms with Crippen molar-refractivity contribution in [3.05, 3.63) is 105 Å². The molecule has 0 fully saturated rings. The molecular formula is C39H43ClN4O. The molecule has 0 bridgehead atoms. The van der Waals surface area contributed by atoms with Crippen molar-refractivity contribution in [3.63, 3.8) is 0 Å². The van der Waals surface area contributed by atoms with Gasteiger partial charge in [-0.3, -0.25) is 0 Å². The maximum absolute atomic E-state index is 9.85. The number of hydrogen-bond donors (Lipinski definition) is 0.